The molecule has 1 heterocycles. The Kier molecular flexibility index (Phi) is 3.30. The second-order valence-electron chi connectivity index (χ2n) is 3.44. The average molecular weight is 228 g/mol. The molecule has 0 spiro atoms. The lowest BCUT2D eigenvalue weighted by Gasteiger charge is -2.04. The van der Waals surface area contributed by atoms with Crippen LogP contribution in [0.4, 0.5) is 5.69 Å². The fraction of sp³-hybridized carbons (Fsp3) is 0.0833. The first kappa shape index (κ1) is 11.1. The first-order valence-electron chi connectivity index (χ1n) is 5.15. The number of benzene rings is 1. The van der Waals surface area contributed by atoms with Gasteiger partial charge in [-0.05, 0) is 12.1 Å². The second kappa shape index (κ2) is 5.07. The number of imidazole rings is 1. The van der Waals surface area contributed by atoms with E-state index in [1.54, 1.807) is 17.0 Å². The quantitative estimate of drug-likeness (QED) is 0.494. The number of hydrazone groups is 1. The maximum absolute atomic E-state index is 11.4. The van der Waals surface area contributed by atoms with Crippen molar-refractivity contribution >= 4 is 17.3 Å². The molecule has 2 aromatic rings. The van der Waals surface area contributed by atoms with Crippen LogP contribution in [0.15, 0.2) is 54.2 Å². The molecule has 0 radical (unpaired) electrons. The van der Waals surface area contributed by atoms with Crippen molar-refractivity contribution in [3.05, 3.63) is 49.1 Å². The van der Waals surface area contributed by atoms with E-state index in [-0.39, 0.29) is 5.78 Å². The summed E-state index contributed by atoms with van der Waals surface area (Å²) in [5.74, 6) is 0.165. The minimum absolute atomic E-state index is 0.133. The van der Waals surface area contributed by atoms with Crippen molar-refractivity contribution in [1.82, 2.24) is 9.55 Å². The van der Waals surface area contributed by atoms with Crippen molar-refractivity contribution in [2.75, 3.05) is 5.43 Å². The summed E-state index contributed by atoms with van der Waals surface area (Å²) in [5.41, 5.74) is 3.66. The number of hydrogen-bond acceptors (Lipinski definition) is 4. The van der Waals surface area contributed by atoms with Crippen LogP contribution in [0, 0.1) is 0 Å². The highest BCUT2D eigenvalue weighted by Gasteiger charge is 2.07. The summed E-state index contributed by atoms with van der Waals surface area (Å²) < 4.78 is 1.57. The number of nitrogens with one attached hydrogen (secondary N) is 1. The number of ketones is 1. The van der Waals surface area contributed by atoms with Gasteiger partial charge >= 0.3 is 0 Å². The Labute approximate surface area is 98.8 Å². The third kappa shape index (κ3) is 2.78. The van der Waals surface area contributed by atoms with Crippen molar-refractivity contribution in [2.24, 2.45) is 5.10 Å². The monoisotopic (exact) mass is 228 g/mol. The molecule has 0 unspecified atom stereocenters. The molecule has 0 bridgehead atoms. The zero-order valence-electron chi connectivity index (χ0n) is 9.37. The number of Topliss-reactive ketones (excluding diaryl/α,β-unsaturated/α-hetero) is 1. The fourth-order valence-electron chi connectivity index (χ4n) is 1.33. The van der Waals surface area contributed by atoms with Crippen LogP contribution in [-0.4, -0.2) is 21.2 Å². The summed E-state index contributed by atoms with van der Waals surface area (Å²) in [6, 6.07) is 9.44. The SMILES string of the molecule is CC(=O)/C(=N/Nc1ccccc1)n1ccnc1. The van der Waals surface area contributed by atoms with Gasteiger partial charge in [-0.1, -0.05) is 18.2 Å². The zero-order chi connectivity index (χ0) is 12.1. The largest absolute Gasteiger partial charge is 0.291 e. The molecule has 86 valence electrons. The predicted molar refractivity (Wildman–Crippen MR) is 65.8 cm³/mol. The number of aromatic nitrogens is 2. The van der Waals surface area contributed by atoms with Crippen molar-refractivity contribution < 1.29 is 4.79 Å². The maximum Gasteiger partial charge on any atom is 0.201 e. The summed E-state index contributed by atoms with van der Waals surface area (Å²) >= 11 is 0. The summed E-state index contributed by atoms with van der Waals surface area (Å²) in [6.07, 6.45) is 4.81. The van der Waals surface area contributed by atoms with E-state index in [1.807, 2.05) is 30.3 Å². The minimum atomic E-state index is -0.133. The smallest absolute Gasteiger partial charge is 0.201 e. The van der Waals surface area contributed by atoms with Gasteiger partial charge in [-0.3, -0.25) is 14.8 Å². The third-order valence-corrected chi connectivity index (χ3v) is 2.13. The highest BCUT2D eigenvalue weighted by atomic mass is 16.1. The molecule has 0 aliphatic heterocycles. The summed E-state index contributed by atoms with van der Waals surface area (Å²) in [6.45, 7) is 1.46. The molecule has 0 aliphatic carbocycles. The summed E-state index contributed by atoms with van der Waals surface area (Å²) in [7, 11) is 0. The van der Waals surface area contributed by atoms with Gasteiger partial charge in [-0.25, -0.2) is 4.98 Å². The number of carbonyl (C=O) groups is 1. The Balaban J connectivity index is 2.21. The van der Waals surface area contributed by atoms with Gasteiger partial charge in [0.2, 0.25) is 5.84 Å². The molecule has 1 aromatic carbocycles. The second-order valence-corrected chi connectivity index (χ2v) is 3.44. The lowest BCUT2D eigenvalue weighted by molar-refractivity contribution is -0.111. The molecular weight excluding hydrogens is 216 g/mol. The van der Waals surface area contributed by atoms with Crippen LogP contribution in [0.3, 0.4) is 0 Å². The standard InChI is InChI=1S/C12H12N4O/c1-10(17)12(16-8-7-13-9-16)15-14-11-5-3-2-4-6-11/h2-9,14H,1H3/b15-12-. The van der Waals surface area contributed by atoms with Gasteiger partial charge in [-0.15, -0.1) is 0 Å². The molecule has 5 nitrogen and oxygen atoms in total. The van der Waals surface area contributed by atoms with E-state index < -0.39 is 0 Å². The third-order valence-electron chi connectivity index (χ3n) is 2.13. The molecule has 0 aliphatic rings. The van der Waals surface area contributed by atoms with Gasteiger partial charge < -0.3 is 0 Å². The Morgan fingerprint density at radius 2 is 2.12 bits per heavy atom. The number of anilines is 1. The van der Waals surface area contributed by atoms with Crippen LogP contribution in [0.1, 0.15) is 6.92 Å². The number of para-hydroxylation sites is 1. The fourth-order valence-corrected chi connectivity index (χ4v) is 1.33. The van der Waals surface area contributed by atoms with Gasteiger partial charge in [0.15, 0.2) is 5.78 Å². The molecule has 1 N–H and O–H groups in total. The van der Waals surface area contributed by atoms with E-state index in [0.29, 0.717) is 5.84 Å². The molecular formula is C12H12N4O. The van der Waals surface area contributed by atoms with Crippen molar-refractivity contribution in [1.29, 1.82) is 0 Å². The van der Waals surface area contributed by atoms with E-state index >= 15 is 0 Å². The van der Waals surface area contributed by atoms with Crippen LogP contribution in [0.25, 0.3) is 0 Å². The van der Waals surface area contributed by atoms with Crippen LogP contribution >= 0.6 is 0 Å². The van der Waals surface area contributed by atoms with E-state index in [1.165, 1.54) is 13.3 Å². The Morgan fingerprint density at radius 1 is 1.35 bits per heavy atom. The molecule has 0 atom stereocenters. The number of carbonyl (C=O) groups excluding carboxylic acids is 1. The maximum atomic E-state index is 11.4. The molecule has 0 saturated carbocycles. The molecule has 5 heteroatoms. The van der Waals surface area contributed by atoms with Crippen LogP contribution in [0.2, 0.25) is 0 Å². The van der Waals surface area contributed by atoms with Crippen molar-refractivity contribution in [3.63, 3.8) is 0 Å². The lowest BCUT2D eigenvalue weighted by atomic mass is 10.3. The van der Waals surface area contributed by atoms with Gasteiger partial charge in [0, 0.05) is 19.3 Å². The lowest BCUT2D eigenvalue weighted by Crippen LogP contribution is -2.20. The molecule has 1 aromatic heterocycles. The average Bonchev–Trinajstić information content (AvgIpc) is 2.84. The van der Waals surface area contributed by atoms with Crippen LogP contribution < -0.4 is 5.43 Å². The van der Waals surface area contributed by atoms with E-state index in [2.05, 4.69) is 15.5 Å². The number of nitrogens with zero attached hydrogens (tertiary/aromatic N) is 3. The first-order valence-corrected chi connectivity index (χ1v) is 5.15. The van der Waals surface area contributed by atoms with Crippen LogP contribution in [0.5, 0.6) is 0 Å². The van der Waals surface area contributed by atoms with E-state index in [4.69, 9.17) is 0 Å². The molecule has 2 rings (SSSR count). The summed E-state index contributed by atoms with van der Waals surface area (Å²) in [5, 5.41) is 4.08. The topological polar surface area (TPSA) is 59.3 Å². The number of rotatable bonds is 3. The zero-order valence-corrected chi connectivity index (χ0v) is 9.37. The Bertz CT molecular complexity index is 517. The molecule has 0 saturated heterocycles. The Morgan fingerprint density at radius 3 is 2.71 bits per heavy atom. The summed E-state index contributed by atoms with van der Waals surface area (Å²) in [4.78, 5) is 15.3. The van der Waals surface area contributed by atoms with Gasteiger partial charge in [0.05, 0.1) is 5.69 Å². The Hall–Kier alpha value is -2.43. The van der Waals surface area contributed by atoms with Gasteiger partial charge in [0.1, 0.15) is 6.33 Å². The highest BCUT2D eigenvalue weighted by molar-refractivity contribution is 6.38. The van der Waals surface area contributed by atoms with Crippen molar-refractivity contribution in [2.45, 2.75) is 6.92 Å². The minimum Gasteiger partial charge on any atom is -0.291 e. The predicted octanol–water partition coefficient (Wildman–Crippen LogP) is 1.75. The van der Waals surface area contributed by atoms with Gasteiger partial charge in [-0.2, -0.15) is 5.10 Å². The van der Waals surface area contributed by atoms with E-state index in [9.17, 15) is 4.79 Å². The van der Waals surface area contributed by atoms with Crippen molar-refractivity contribution in [3.8, 4) is 0 Å². The van der Waals surface area contributed by atoms with Gasteiger partial charge in [0.25, 0.3) is 0 Å². The van der Waals surface area contributed by atoms with Crippen LogP contribution in [-0.2, 0) is 4.79 Å². The highest BCUT2D eigenvalue weighted by Crippen LogP contribution is 2.04. The normalized spacial score (nSPS) is 11.2. The molecule has 17 heavy (non-hydrogen) atoms. The molecule has 0 fully saturated rings. The molecule has 0 amide bonds. The number of hydrogen-bond donors (Lipinski definition) is 1. The first-order chi connectivity index (χ1) is 8.27. The van der Waals surface area contributed by atoms with E-state index in [0.717, 1.165) is 5.69 Å².